The van der Waals surface area contributed by atoms with Gasteiger partial charge in [-0.1, -0.05) is 0 Å². The molecule has 0 saturated heterocycles. The molecule has 0 aliphatic heterocycles. The summed E-state index contributed by atoms with van der Waals surface area (Å²) in [6, 6.07) is 4.62. The van der Waals surface area contributed by atoms with Crippen molar-refractivity contribution in [1.29, 1.82) is 0 Å². The van der Waals surface area contributed by atoms with Crippen LogP contribution in [-0.2, 0) is 6.54 Å². The maximum atomic E-state index is 13.3. The van der Waals surface area contributed by atoms with Crippen molar-refractivity contribution >= 4 is 0 Å². The van der Waals surface area contributed by atoms with Crippen LogP contribution < -0.4 is 10.5 Å². The normalized spacial score (nSPS) is 10.3. The predicted molar refractivity (Wildman–Crippen MR) is 56.4 cm³/mol. The van der Waals surface area contributed by atoms with Crippen molar-refractivity contribution in [2.45, 2.75) is 6.54 Å². The van der Waals surface area contributed by atoms with Gasteiger partial charge in [0.05, 0.1) is 6.20 Å². The molecule has 0 fully saturated rings. The van der Waals surface area contributed by atoms with Crippen LogP contribution in [0, 0.1) is 11.6 Å². The second-order valence-electron chi connectivity index (χ2n) is 3.24. The smallest absolute Gasteiger partial charge is 0.243 e. The average Bonchev–Trinajstić information content (AvgIpc) is 2.33. The summed E-state index contributed by atoms with van der Waals surface area (Å²) in [7, 11) is 0. The van der Waals surface area contributed by atoms with Gasteiger partial charge in [-0.2, -0.15) is 5.10 Å². The number of halogens is 2. The Bertz CT molecular complexity index is 534. The molecule has 1 aromatic heterocycles. The number of hydrogen-bond acceptors (Lipinski definition) is 4. The van der Waals surface area contributed by atoms with Crippen LogP contribution >= 0.6 is 0 Å². The van der Waals surface area contributed by atoms with Gasteiger partial charge in [-0.3, -0.25) is 0 Å². The molecule has 17 heavy (non-hydrogen) atoms. The Balaban J connectivity index is 2.31. The first kappa shape index (κ1) is 11.4. The lowest BCUT2D eigenvalue weighted by molar-refractivity contribution is 0.413. The van der Waals surface area contributed by atoms with Crippen LogP contribution in [0.5, 0.6) is 11.6 Å². The summed E-state index contributed by atoms with van der Waals surface area (Å²) in [6.45, 7) is 0.188. The lowest BCUT2D eigenvalue weighted by atomic mass is 10.3. The van der Waals surface area contributed by atoms with Crippen LogP contribution in [0.25, 0.3) is 0 Å². The molecule has 88 valence electrons. The van der Waals surface area contributed by atoms with Gasteiger partial charge in [0.1, 0.15) is 5.82 Å². The van der Waals surface area contributed by atoms with Crippen molar-refractivity contribution in [3.8, 4) is 11.6 Å². The van der Waals surface area contributed by atoms with Crippen molar-refractivity contribution in [3.05, 3.63) is 47.7 Å². The van der Waals surface area contributed by atoms with Crippen LogP contribution in [0.15, 0.2) is 30.5 Å². The van der Waals surface area contributed by atoms with Crippen molar-refractivity contribution in [1.82, 2.24) is 10.2 Å². The average molecular weight is 237 g/mol. The minimum atomic E-state index is -0.807. The second-order valence-corrected chi connectivity index (χ2v) is 3.24. The molecular formula is C11H9F2N3O. The summed E-state index contributed by atoms with van der Waals surface area (Å²) in [5, 5.41) is 7.31. The summed E-state index contributed by atoms with van der Waals surface area (Å²) in [4.78, 5) is 0. The van der Waals surface area contributed by atoms with Crippen LogP contribution in [0.3, 0.4) is 0 Å². The molecule has 0 saturated carbocycles. The molecule has 0 unspecified atom stereocenters. The predicted octanol–water partition coefficient (Wildman–Crippen LogP) is 2.01. The van der Waals surface area contributed by atoms with E-state index in [0.717, 1.165) is 12.1 Å². The largest absolute Gasteiger partial charge is 0.434 e. The zero-order chi connectivity index (χ0) is 12.3. The molecule has 0 spiro atoms. The minimum absolute atomic E-state index is 0.112. The first-order valence-corrected chi connectivity index (χ1v) is 4.84. The number of hydrogen-bond donors (Lipinski definition) is 1. The van der Waals surface area contributed by atoms with Gasteiger partial charge in [-0.15, -0.1) is 5.10 Å². The second kappa shape index (κ2) is 4.84. The lowest BCUT2D eigenvalue weighted by Crippen LogP contribution is -2.02. The minimum Gasteiger partial charge on any atom is -0.434 e. The molecule has 0 radical (unpaired) electrons. The number of nitrogens with two attached hydrogens (primary N) is 1. The van der Waals surface area contributed by atoms with Gasteiger partial charge in [0, 0.05) is 18.2 Å². The molecule has 0 amide bonds. The summed E-state index contributed by atoms with van der Waals surface area (Å²) in [6.07, 6.45) is 1.45. The van der Waals surface area contributed by atoms with E-state index in [1.807, 2.05) is 0 Å². The van der Waals surface area contributed by atoms with Crippen molar-refractivity contribution < 1.29 is 13.5 Å². The van der Waals surface area contributed by atoms with Gasteiger partial charge < -0.3 is 10.5 Å². The standard InChI is InChI=1S/C11H9F2N3O/c12-8-1-2-10(9(13)5-8)17-11-7(6-14)3-4-15-16-11/h1-5H,6,14H2. The highest BCUT2D eigenvalue weighted by Gasteiger charge is 2.10. The third-order valence-corrected chi connectivity index (χ3v) is 2.09. The van der Waals surface area contributed by atoms with E-state index >= 15 is 0 Å². The first-order chi connectivity index (χ1) is 8.20. The maximum absolute atomic E-state index is 13.3. The Morgan fingerprint density at radius 2 is 2.06 bits per heavy atom. The van der Waals surface area contributed by atoms with E-state index in [-0.39, 0.29) is 18.2 Å². The third kappa shape index (κ3) is 2.54. The van der Waals surface area contributed by atoms with Crippen LogP contribution in [0.4, 0.5) is 8.78 Å². The highest BCUT2D eigenvalue weighted by atomic mass is 19.1. The zero-order valence-corrected chi connectivity index (χ0v) is 8.73. The van der Waals surface area contributed by atoms with Gasteiger partial charge in [0.15, 0.2) is 11.6 Å². The molecule has 2 rings (SSSR count). The summed E-state index contributed by atoms with van der Waals surface area (Å²) in [5.74, 6) is -1.49. The van der Waals surface area contributed by atoms with E-state index in [1.165, 1.54) is 12.3 Å². The Labute approximate surface area is 96.0 Å². The Morgan fingerprint density at radius 3 is 2.76 bits per heavy atom. The van der Waals surface area contributed by atoms with Crippen molar-refractivity contribution in [3.63, 3.8) is 0 Å². The molecule has 0 bridgehead atoms. The van der Waals surface area contributed by atoms with Gasteiger partial charge in [-0.05, 0) is 18.2 Å². The van der Waals surface area contributed by atoms with Gasteiger partial charge in [0.2, 0.25) is 5.88 Å². The number of rotatable bonds is 3. The van der Waals surface area contributed by atoms with E-state index in [9.17, 15) is 8.78 Å². The molecule has 6 heteroatoms. The van der Waals surface area contributed by atoms with Gasteiger partial charge >= 0.3 is 0 Å². The molecule has 1 aromatic carbocycles. The quantitative estimate of drug-likeness (QED) is 0.886. The van der Waals surface area contributed by atoms with E-state index < -0.39 is 11.6 Å². The summed E-state index contributed by atoms with van der Waals surface area (Å²) in [5.41, 5.74) is 6.05. The lowest BCUT2D eigenvalue weighted by Gasteiger charge is -2.08. The van der Waals surface area contributed by atoms with E-state index in [4.69, 9.17) is 10.5 Å². The number of aromatic nitrogens is 2. The monoisotopic (exact) mass is 237 g/mol. The number of ether oxygens (including phenoxy) is 1. The molecule has 1 heterocycles. The van der Waals surface area contributed by atoms with Crippen molar-refractivity contribution in [2.24, 2.45) is 5.73 Å². The molecule has 2 aromatic rings. The molecule has 0 aliphatic rings. The Kier molecular flexibility index (Phi) is 3.24. The number of benzene rings is 1. The number of nitrogens with zero attached hydrogens (tertiary/aromatic N) is 2. The fourth-order valence-electron chi connectivity index (χ4n) is 1.25. The topological polar surface area (TPSA) is 61.0 Å². The molecule has 4 nitrogen and oxygen atoms in total. The van der Waals surface area contributed by atoms with Gasteiger partial charge in [0.25, 0.3) is 0 Å². The summed E-state index contributed by atoms with van der Waals surface area (Å²) >= 11 is 0. The highest BCUT2D eigenvalue weighted by molar-refractivity contribution is 5.32. The Morgan fingerprint density at radius 1 is 1.24 bits per heavy atom. The third-order valence-electron chi connectivity index (χ3n) is 2.09. The van der Waals surface area contributed by atoms with E-state index in [0.29, 0.717) is 5.56 Å². The zero-order valence-electron chi connectivity index (χ0n) is 8.73. The fourth-order valence-corrected chi connectivity index (χ4v) is 1.25. The van der Waals surface area contributed by atoms with E-state index in [2.05, 4.69) is 10.2 Å². The van der Waals surface area contributed by atoms with Gasteiger partial charge in [-0.25, -0.2) is 8.78 Å². The molecular weight excluding hydrogens is 228 g/mol. The van der Waals surface area contributed by atoms with Crippen LogP contribution in [0.1, 0.15) is 5.56 Å². The first-order valence-electron chi connectivity index (χ1n) is 4.84. The summed E-state index contributed by atoms with van der Waals surface area (Å²) < 4.78 is 31.2. The molecule has 0 atom stereocenters. The van der Waals surface area contributed by atoms with Crippen LogP contribution in [-0.4, -0.2) is 10.2 Å². The fraction of sp³-hybridized carbons (Fsp3) is 0.0909. The molecule has 2 N–H and O–H groups in total. The maximum Gasteiger partial charge on any atom is 0.243 e. The Hall–Kier alpha value is -2.08. The highest BCUT2D eigenvalue weighted by Crippen LogP contribution is 2.25. The SMILES string of the molecule is NCc1ccnnc1Oc1ccc(F)cc1F. The molecule has 0 aliphatic carbocycles. The van der Waals surface area contributed by atoms with E-state index in [1.54, 1.807) is 6.07 Å². The van der Waals surface area contributed by atoms with Crippen molar-refractivity contribution in [2.75, 3.05) is 0 Å². The van der Waals surface area contributed by atoms with Crippen LogP contribution in [0.2, 0.25) is 0 Å².